The maximum atomic E-state index is 12.4. The van der Waals surface area contributed by atoms with Crippen molar-refractivity contribution in [3.8, 4) is 0 Å². The molecule has 1 aliphatic rings. The molecule has 2 N–H and O–H groups in total. The third-order valence-electron chi connectivity index (χ3n) is 3.07. The topological polar surface area (TPSA) is 61.4 Å². The molecule has 0 aromatic heterocycles. The monoisotopic (exact) mass is 305 g/mol. The Morgan fingerprint density at radius 2 is 2.10 bits per heavy atom. The average Bonchev–Trinajstić information content (AvgIpc) is 2.53. The molecule has 0 unspecified atom stereocenters. The van der Waals surface area contributed by atoms with E-state index in [-0.39, 0.29) is 11.9 Å². The van der Waals surface area contributed by atoms with Crippen LogP contribution in [0.3, 0.4) is 0 Å². The highest BCUT2D eigenvalue weighted by atomic mass is 32.2. The number of thioether (sulfide) groups is 1. The SMILES string of the molecule is C=CCNC(=O)Nc1cccc(C(=O)N2CCSCC2)c1. The summed E-state index contributed by atoms with van der Waals surface area (Å²) in [4.78, 5) is 25.8. The fraction of sp³-hybridized carbons (Fsp3) is 0.333. The van der Waals surface area contributed by atoms with Gasteiger partial charge < -0.3 is 15.5 Å². The van der Waals surface area contributed by atoms with Gasteiger partial charge in [-0.15, -0.1) is 6.58 Å². The molecule has 0 saturated carbocycles. The lowest BCUT2D eigenvalue weighted by Crippen LogP contribution is -2.37. The van der Waals surface area contributed by atoms with Crippen LogP contribution in [0.5, 0.6) is 0 Å². The molecule has 1 saturated heterocycles. The van der Waals surface area contributed by atoms with Crippen LogP contribution in [0.1, 0.15) is 10.4 Å². The summed E-state index contributed by atoms with van der Waals surface area (Å²) in [6.45, 7) is 5.49. The molecular weight excluding hydrogens is 286 g/mol. The zero-order valence-corrected chi connectivity index (χ0v) is 12.6. The first-order chi connectivity index (χ1) is 10.2. The first kappa shape index (κ1) is 15.4. The molecule has 0 bridgehead atoms. The maximum Gasteiger partial charge on any atom is 0.319 e. The number of hydrogen-bond donors (Lipinski definition) is 2. The van der Waals surface area contributed by atoms with Gasteiger partial charge >= 0.3 is 6.03 Å². The van der Waals surface area contributed by atoms with Crippen LogP contribution < -0.4 is 10.6 Å². The standard InChI is InChI=1S/C15H19N3O2S/c1-2-6-16-15(20)17-13-5-3-4-12(11-13)14(19)18-7-9-21-10-8-18/h2-5,11H,1,6-10H2,(H2,16,17,20). The van der Waals surface area contributed by atoms with Gasteiger partial charge in [-0.2, -0.15) is 11.8 Å². The van der Waals surface area contributed by atoms with E-state index in [0.29, 0.717) is 17.8 Å². The summed E-state index contributed by atoms with van der Waals surface area (Å²) < 4.78 is 0. The third-order valence-corrected chi connectivity index (χ3v) is 4.02. The third kappa shape index (κ3) is 4.53. The molecule has 0 aliphatic carbocycles. The summed E-state index contributed by atoms with van der Waals surface area (Å²) in [5, 5.41) is 5.33. The van der Waals surface area contributed by atoms with Gasteiger partial charge in [-0.3, -0.25) is 4.79 Å². The predicted molar refractivity (Wildman–Crippen MR) is 86.9 cm³/mol. The Hall–Kier alpha value is -1.95. The van der Waals surface area contributed by atoms with E-state index in [1.54, 1.807) is 30.3 Å². The van der Waals surface area contributed by atoms with E-state index in [1.807, 2.05) is 16.7 Å². The molecular formula is C15H19N3O2S. The summed E-state index contributed by atoms with van der Waals surface area (Å²) in [7, 11) is 0. The van der Waals surface area contributed by atoms with Gasteiger partial charge in [0.2, 0.25) is 0 Å². The van der Waals surface area contributed by atoms with Crippen molar-refractivity contribution >= 4 is 29.4 Å². The molecule has 3 amide bonds. The van der Waals surface area contributed by atoms with E-state index in [9.17, 15) is 9.59 Å². The molecule has 1 heterocycles. The predicted octanol–water partition coefficient (Wildman–Crippen LogP) is 2.18. The van der Waals surface area contributed by atoms with Crippen LogP contribution in [-0.4, -0.2) is 48.0 Å². The van der Waals surface area contributed by atoms with Crippen LogP contribution in [0.15, 0.2) is 36.9 Å². The second-order valence-electron chi connectivity index (χ2n) is 4.61. The number of carbonyl (C=O) groups is 2. The maximum absolute atomic E-state index is 12.4. The summed E-state index contributed by atoms with van der Waals surface area (Å²) in [6.07, 6.45) is 1.61. The first-order valence-electron chi connectivity index (χ1n) is 6.83. The Bertz CT molecular complexity index is 527. The molecule has 5 nitrogen and oxygen atoms in total. The molecule has 0 atom stereocenters. The Balaban J connectivity index is 2.01. The summed E-state index contributed by atoms with van der Waals surface area (Å²) in [5.41, 5.74) is 1.21. The number of benzene rings is 1. The largest absolute Gasteiger partial charge is 0.337 e. The number of hydrogen-bond acceptors (Lipinski definition) is 3. The Morgan fingerprint density at radius 1 is 1.33 bits per heavy atom. The van der Waals surface area contributed by atoms with Gasteiger partial charge in [-0.25, -0.2) is 4.79 Å². The molecule has 6 heteroatoms. The second-order valence-corrected chi connectivity index (χ2v) is 5.83. The number of anilines is 1. The first-order valence-corrected chi connectivity index (χ1v) is 7.99. The number of carbonyl (C=O) groups excluding carboxylic acids is 2. The van der Waals surface area contributed by atoms with Crippen LogP contribution >= 0.6 is 11.8 Å². The van der Waals surface area contributed by atoms with Gasteiger partial charge in [0.25, 0.3) is 5.91 Å². The van der Waals surface area contributed by atoms with Gasteiger partial charge in [-0.05, 0) is 18.2 Å². The zero-order valence-electron chi connectivity index (χ0n) is 11.8. The Kier molecular flexibility index (Phi) is 5.68. The lowest BCUT2D eigenvalue weighted by Gasteiger charge is -2.26. The van der Waals surface area contributed by atoms with Gasteiger partial charge in [0.05, 0.1) is 0 Å². The van der Waals surface area contributed by atoms with Crippen molar-refractivity contribution in [2.45, 2.75) is 0 Å². The number of nitrogens with zero attached hydrogens (tertiary/aromatic N) is 1. The van der Waals surface area contributed by atoms with E-state index >= 15 is 0 Å². The van der Waals surface area contributed by atoms with Crippen molar-refractivity contribution in [1.82, 2.24) is 10.2 Å². The fourth-order valence-corrected chi connectivity index (χ4v) is 2.92. The molecule has 1 aromatic rings. The summed E-state index contributed by atoms with van der Waals surface area (Å²) in [6, 6.07) is 6.70. The van der Waals surface area contributed by atoms with Crippen LogP contribution in [0.4, 0.5) is 10.5 Å². The molecule has 2 rings (SSSR count). The van der Waals surface area contributed by atoms with Crippen molar-refractivity contribution < 1.29 is 9.59 Å². The number of amides is 3. The normalized spacial score (nSPS) is 14.4. The van der Waals surface area contributed by atoms with Crippen molar-refractivity contribution in [1.29, 1.82) is 0 Å². The molecule has 1 aliphatic heterocycles. The highest BCUT2D eigenvalue weighted by Gasteiger charge is 2.18. The van der Waals surface area contributed by atoms with Gasteiger partial charge in [0.15, 0.2) is 0 Å². The van der Waals surface area contributed by atoms with Gasteiger partial charge in [0.1, 0.15) is 0 Å². The second kappa shape index (κ2) is 7.73. The van der Waals surface area contributed by atoms with Gasteiger partial charge in [0, 0.05) is 42.4 Å². The lowest BCUT2D eigenvalue weighted by molar-refractivity contribution is 0.0772. The van der Waals surface area contributed by atoms with Crippen LogP contribution in [0.25, 0.3) is 0 Å². The van der Waals surface area contributed by atoms with Crippen molar-refractivity contribution in [2.75, 3.05) is 36.5 Å². The quantitative estimate of drug-likeness (QED) is 0.838. The fourth-order valence-electron chi connectivity index (χ4n) is 2.02. The number of nitrogens with one attached hydrogen (secondary N) is 2. The molecule has 1 fully saturated rings. The minimum Gasteiger partial charge on any atom is -0.337 e. The number of rotatable bonds is 4. The van der Waals surface area contributed by atoms with Crippen LogP contribution in [0.2, 0.25) is 0 Å². The molecule has 0 radical (unpaired) electrons. The van der Waals surface area contributed by atoms with E-state index in [4.69, 9.17) is 0 Å². The summed E-state index contributed by atoms with van der Waals surface area (Å²) >= 11 is 1.86. The number of urea groups is 1. The van der Waals surface area contributed by atoms with Crippen molar-refractivity contribution in [3.63, 3.8) is 0 Å². The van der Waals surface area contributed by atoms with Gasteiger partial charge in [-0.1, -0.05) is 12.1 Å². The molecule has 112 valence electrons. The minimum absolute atomic E-state index is 0.0189. The van der Waals surface area contributed by atoms with E-state index in [2.05, 4.69) is 17.2 Å². The minimum atomic E-state index is -0.311. The Labute approximate surface area is 128 Å². The zero-order chi connectivity index (χ0) is 15.1. The molecule has 21 heavy (non-hydrogen) atoms. The highest BCUT2D eigenvalue weighted by Crippen LogP contribution is 2.16. The molecule has 0 spiro atoms. The van der Waals surface area contributed by atoms with Crippen molar-refractivity contribution in [3.05, 3.63) is 42.5 Å². The summed E-state index contributed by atoms with van der Waals surface area (Å²) in [5.74, 6) is 1.98. The smallest absolute Gasteiger partial charge is 0.319 e. The average molecular weight is 305 g/mol. The Morgan fingerprint density at radius 3 is 2.81 bits per heavy atom. The van der Waals surface area contributed by atoms with E-state index in [1.165, 1.54) is 0 Å². The lowest BCUT2D eigenvalue weighted by atomic mass is 10.1. The highest BCUT2D eigenvalue weighted by molar-refractivity contribution is 7.99. The van der Waals surface area contributed by atoms with Crippen LogP contribution in [0, 0.1) is 0 Å². The van der Waals surface area contributed by atoms with E-state index in [0.717, 1.165) is 24.6 Å². The van der Waals surface area contributed by atoms with E-state index < -0.39 is 0 Å². The van der Waals surface area contributed by atoms with Crippen LogP contribution in [-0.2, 0) is 0 Å². The van der Waals surface area contributed by atoms with Crippen molar-refractivity contribution in [2.24, 2.45) is 0 Å². The molecule has 1 aromatic carbocycles.